The van der Waals surface area contributed by atoms with Crippen molar-refractivity contribution in [2.24, 2.45) is 0 Å². The quantitative estimate of drug-likeness (QED) is 0.344. The summed E-state index contributed by atoms with van der Waals surface area (Å²) in [4.78, 5) is 19.7. The molecule has 34 heavy (non-hydrogen) atoms. The Morgan fingerprint density at radius 3 is 2.74 bits per heavy atom. The minimum Gasteiger partial charge on any atom is -0.466 e. The molecule has 1 aliphatic rings. The number of pyridine rings is 1. The number of allylic oxidation sites excluding steroid dienone is 3. The zero-order valence-electron chi connectivity index (χ0n) is 18.4. The molecule has 2 aromatic carbocycles. The average molecular weight is 466 g/mol. The number of fused-ring (bicyclic) bond motifs is 1. The number of hydrogen-bond acceptors (Lipinski definition) is 4. The number of hydrogen-bond donors (Lipinski definition) is 1. The van der Waals surface area contributed by atoms with E-state index in [1.165, 1.54) is 7.11 Å². The number of halogens is 1. The zero-order chi connectivity index (χ0) is 23.7. The van der Waals surface area contributed by atoms with Gasteiger partial charge in [0.2, 0.25) is 0 Å². The highest BCUT2D eigenvalue weighted by Crippen LogP contribution is 2.41. The van der Waals surface area contributed by atoms with Gasteiger partial charge >= 0.3 is 5.97 Å². The Morgan fingerprint density at radius 1 is 1.12 bits per heavy atom. The number of ether oxygens (including phenoxy) is 1. The van der Waals surface area contributed by atoms with Crippen LogP contribution in [0.25, 0.3) is 38.9 Å². The van der Waals surface area contributed by atoms with Crippen molar-refractivity contribution in [2.45, 2.75) is 12.8 Å². The molecule has 0 atom stereocenters. The van der Waals surface area contributed by atoms with Crippen LogP contribution in [0.5, 0.6) is 0 Å². The van der Waals surface area contributed by atoms with Gasteiger partial charge in [-0.3, -0.25) is 4.98 Å². The number of aromatic nitrogens is 2. The van der Waals surface area contributed by atoms with Gasteiger partial charge in [0, 0.05) is 33.3 Å². The fourth-order valence-electron chi connectivity index (χ4n) is 4.47. The first kappa shape index (κ1) is 21.7. The number of nitriles is 1. The standard InChI is InChI=1S/C28H20ClN3O2/c1-34-28(33)19-9-10-21(24(29)14-19)17-6-4-7-18(13-17)27-26(22-8-3-2-5-20(22)15-30)23-11-12-31-16-25(23)32-27/h2-8,11-14,16,32H,9-10H2,1H3. The van der Waals surface area contributed by atoms with E-state index in [1.54, 1.807) is 18.5 Å². The Kier molecular flexibility index (Phi) is 5.75. The molecule has 0 unspecified atom stereocenters. The van der Waals surface area contributed by atoms with Gasteiger partial charge < -0.3 is 9.72 Å². The molecular weight excluding hydrogens is 446 g/mol. The Balaban J connectivity index is 1.68. The van der Waals surface area contributed by atoms with Crippen LogP contribution in [0.3, 0.4) is 0 Å². The maximum atomic E-state index is 11.9. The van der Waals surface area contributed by atoms with E-state index in [4.69, 9.17) is 16.3 Å². The highest BCUT2D eigenvalue weighted by molar-refractivity contribution is 6.35. The Bertz CT molecular complexity index is 1540. The second-order valence-electron chi connectivity index (χ2n) is 8.02. The number of nitrogens with one attached hydrogen (secondary N) is 1. The number of carbonyl (C=O) groups is 1. The number of carbonyl (C=O) groups excluding carboxylic acids is 1. The summed E-state index contributed by atoms with van der Waals surface area (Å²) in [6, 6.07) is 20.0. The van der Waals surface area contributed by atoms with Gasteiger partial charge in [-0.2, -0.15) is 5.26 Å². The summed E-state index contributed by atoms with van der Waals surface area (Å²) in [7, 11) is 1.37. The number of methoxy groups -OCH3 is 1. The van der Waals surface area contributed by atoms with Gasteiger partial charge in [-0.1, -0.05) is 48.0 Å². The molecule has 166 valence electrons. The number of H-pyrrole nitrogens is 1. The van der Waals surface area contributed by atoms with E-state index >= 15 is 0 Å². The molecule has 0 radical (unpaired) electrons. The van der Waals surface area contributed by atoms with Crippen molar-refractivity contribution in [3.8, 4) is 28.5 Å². The van der Waals surface area contributed by atoms with Crippen LogP contribution in [0.4, 0.5) is 0 Å². The monoisotopic (exact) mass is 465 g/mol. The van der Waals surface area contributed by atoms with Gasteiger partial charge in [-0.05, 0) is 53.8 Å². The number of esters is 1. The van der Waals surface area contributed by atoms with Crippen LogP contribution < -0.4 is 0 Å². The van der Waals surface area contributed by atoms with E-state index in [-0.39, 0.29) is 5.97 Å². The van der Waals surface area contributed by atoms with Crippen molar-refractivity contribution in [1.82, 2.24) is 9.97 Å². The Hall–Kier alpha value is -4.14. The van der Waals surface area contributed by atoms with Gasteiger partial charge in [-0.15, -0.1) is 0 Å². The van der Waals surface area contributed by atoms with E-state index in [2.05, 4.69) is 22.1 Å². The second-order valence-corrected chi connectivity index (χ2v) is 8.43. The van der Waals surface area contributed by atoms with Crippen LogP contribution in [0.2, 0.25) is 0 Å². The molecule has 0 amide bonds. The third-order valence-corrected chi connectivity index (χ3v) is 6.44. The van der Waals surface area contributed by atoms with Crippen LogP contribution in [-0.4, -0.2) is 23.0 Å². The topological polar surface area (TPSA) is 78.8 Å². The van der Waals surface area contributed by atoms with Crippen molar-refractivity contribution < 1.29 is 9.53 Å². The van der Waals surface area contributed by atoms with Crippen molar-refractivity contribution >= 4 is 34.0 Å². The Morgan fingerprint density at radius 2 is 1.94 bits per heavy atom. The highest BCUT2D eigenvalue weighted by Gasteiger charge is 2.21. The van der Waals surface area contributed by atoms with Crippen LogP contribution in [0.15, 0.2) is 83.7 Å². The molecule has 0 saturated heterocycles. The maximum absolute atomic E-state index is 11.9. The number of rotatable bonds is 4. The molecule has 1 N–H and O–H groups in total. The normalized spacial score (nSPS) is 13.5. The lowest BCUT2D eigenvalue weighted by molar-refractivity contribution is -0.136. The minimum absolute atomic E-state index is 0.349. The summed E-state index contributed by atoms with van der Waals surface area (Å²) in [5.74, 6) is -0.349. The van der Waals surface area contributed by atoms with Crippen LogP contribution in [-0.2, 0) is 9.53 Å². The van der Waals surface area contributed by atoms with Crippen molar-refractivity contribution in [3.05, 3.63) is 94.8 Å². The molecule has 2 aromatic heterocycles. The summed E-state index contributed by atoms with van der Waals surface area (Å²) < 4.78 is 4.84. The zero-order valence-corrected chi connectivity index (χ0v) is 19.2. The third-order valence-electron chi connectivity index (χ3n) is 6.10. The molecule has 5 rings (SSSR count). The number of nitrogens with zero attached hydrogens (tertiary/aromatic N) is 2. The third kappa shape index (κ3) is 3.79. The molecule has 6 heteroatoms. The predicted octanol–water partition coefficient (Wildman–Crippen LogP) is 6.61. The fourth-order valence-corrected chi connectivity index (χ4v) is 4.80. The molecule has 4 aromatic rings. The van der Waals surface area contributed by atoms with Crippen molar-refractivity contribution in [3.63, 3.8) is 0 Å². The first-order valence-corrected chi connectivity index (χ1v) is 11.2. The van der Waals surface area contributed by atoms with E-state index in [1.807, 2.05) is 48.5 Å². The van der Waals surface area contributed by atoms with Gasteiger partial charge in [0.1, 0.15) is 0 Å². The lowest BCUT2D eigenvalue weighted by atomic mass is 9.90. The summed E-state index contributed by atoms with van der Waals surface area (Å²) >= 11 is 6.59. The molecular formula is C28H20ClN3O2. The smallest absolute Gasteiger partial charge is 0.333 e. The van der Waals surface area contributed by atoms with Crippen molar-refractivity contribution in [1.29, 1.82) is 5.26 Å². The molecule has 0 spiro atoms. The van der Waals surface area contributed by atoms with E-state index in [9.17, 15) is 10.1 Å². The van der Waals surface area contributed by atoms with Crippen LogP contribution >= 0.6 is 11.6 Å². The molecule has 0 saturated carbocycles. The van der Waals surface area contributed by atoms with Gasteiger partial charge in [-0.25, -0.2) is 4.79 Å². The van der Waals surface area contributed by atoms with Gasteiger partial charge in [0.15, 0.2) is 0 Å². The lowest BCUT2D eigenvalue weighted by Crippen LogP contribution is -2.08. The SMILES string of the molecule is COC(=O)C1=CC(Cl)=C(c2cccc(-c3[nH]c4cnccc4c3-c3ccccc3C#N)c2)CC1. The Labute approximate surface area is 202 Å². The average Bonchev–Trinajstić information content (AvgIpc) is 3.27. The summed E-state index contributed by atoms with van der Waals surface area (Å²) in [6.07, 6.45) is 6.46. The first-order chi connectivity index (χ1) is 16.6. The minimum atomic E-state index is -0.349. The molecule has 2 heterocycles. The summed E-state index contributed by atoms with van der Waals surface area (Å²) in [5.41, 5.74) is 7.74. The van der Waals surface area contributed by atoms with Crippen LogP contribution in [0.1, 0.15) is 24.0 Å². The largest absolute Gasteiger partial charge is 0.466 e. The number of benzene rings is 2. The van der Waals surface area contributed by atoms with Crippen molar-refractivity contribution in [2.75, 3.05) is 7.11 Å². The lowest BCUT2D eigenvalue weighted by Gasteiger charge is -2.17. The molecule has 1 aliphatic carbocycles. The molecule has 0 aliphatic heterocycles. The van der Waals surface area contributed by atoms with E-state index in [0.29, 0.717) is 29.0 Å². The van der Waals surface area contributed by atoms with Gasteiger partial charge in [0.05, 0.1) is 36.1 Å². The predicted molar refractivity (Wildman–Crippen MR) is 134 cm³/mol. The molecule has 5 nitrogen and oxygen atoms in total. The summed E-state index contributed by atoms with van der Waals surface area (Å²) in [6.45, 7) is 0. The first-order valence-electron chi connectivity index (χ1n) is 10.8. The highest BCUT2D eigenvalue weighted by atomic mass is 35.5. The molecule has 0 bridgehead atoms. The maximum Gasteiger partial charge on any atom is 0.333 e. The second kappa shape index (κ2) is 9.01. The van der Waals surface area contributed by atoms with E-state index in [0.717, 1.165) is 44.4 Å². The number of aromatic amines is 1. The summed E-state index contributed by atoms with van der Waals surface area (Å²) in [5, 5.41) is 11.3. The van der Waals surface area contributed by atoms with Crippen LogP contribution in [0, 0.1) is 11.3 Å². The van der Waals surface area contributed by atoms with Gasteiger partial charge in [0.25, 0.3) is 0 Å². The van der Waals surface area contributed by atoms with E-state index < -0.39 is 0 Å². The fraction of sp³-hybridized carbons (Fsp3) is 0.107. The molecule has 0 fully saturated rings.